The first-order chi connectivity index (χ1) is 8.32. The molecule has 18 heavy (non-hydrogen) atoms. The molecule has 2 atom stereocenters. The van der Waals surface area contributed by atoms with Gasteiger partial charge in [-0.3, -0.25) is 4.79 Å². The summed E-state index contributed by atoms with van der Waals surface area (Å²) in [6.45, 7) is 1.28. The van der Waals surface area contributed by atoms with Gasteiger partial charge >= 0.3 is 0 Å². The second kappa shape index (κ2) is 6.51. The number of carbonyl (C=O) groups is 1. The van der Waals surface area contributed by atoms with E-state index in [4.69, 9.17) is 0 Å². The average Bonchev–Trinajstić information content (AvgIpc) is 2.31. The van der Waals surface area contributed by atoms with Crippen LogP contribution in [0.15, 0.2) is 21.1 Å². The van der Waals surface area contributed by atoms with E-state index in [0.29, 0.717) is 14.5 Å². The van der Waals surface area contributed by atoms with E-state index < -0.39 is 12.2 Å². The third-order valence-corrected chi connectivity index (χ3v) is 3.51. The van der Waals surface area contributed by atoms with Crippen LogP contribution in [0, 0.1) is 0 Å². The Bertz CT molecular complexity index is 430. The lowest BCUT2D eigenvalue weighted by molar-refractivity contribution is -0.119. The fourth-order valence-corrected chi connectivity index (χ4v) is 2.56. The van der Waals surface area contributed by atoms with Gasteiger partial charge < -0.3 is 20.6 Å². The second-order valence-corrected chi connectivity index (χ2v) is 5.49. The first kappa shape index (κ1) is 15.4. The summed E-state index contributed by atoms with van der Waals surface area (Å²) < 4.78 is 0.801. The van der Waals surface area contributed by atoms with Gasteiger partial charge in [0, 0.05) is 13.5 Å². The van der Waals surface area contributed by atoms with Crippen LogP contribution in [0.2, 0.25) is 0 Å². The highest BCUT2D eigenvalue weighted by Crippen LogP contribution is 2.35. The molecule has 0 aliphatic rings. The zero-order valence-corrected chi connectivity index (χ0v) is 12.7. The van der Waals surface area contributed by atoms with Crippen LogP contribution in [0.4, 0.5) is 0 Å². The van der Waals surface area contributed by atoms with Crippen molar-refractivity contribution < 1.29 is 20.1 Å². The van der Waals surface area contributed by atoms with E-state index >= 15 is 0 Å². The number of phenols is 1. The Balaban J connectivity index is 2.83. The van der Waals surface area contributed by atoms with Crippen molar-refractivity contribution in [3.8, 4) is 5.75 Å². The van der Waals surface area contributed by atoms with E-state index in [1.54, 1.807) is 0 Å². The Morgan fingerprint density at radius 3 is 2.28 bits per heavy atom. The van der Waals surface area contributed by atoms with E-state index in [1.807, 2.05) is 0 Å². The zero-order chi connectivity index (χ0) is 13.9. The Hall–Kier alpha value is -0.630. The topological polar surface area (TPSA) is 89.8 Å². The molecule has 0 aliphatic heterocycles. The van der Waals surface area contributed by atoms with Gasteiger partial charge in [0.25, 0.3) is 0 Å². The van der Waals surface area contributed by atoms with Crippen LogP contribution < -0.4 is 5.32 Å². The zero-order valence-electron chi connectivity index (χ0n) is 9.52. The Morgan fingerprint density at radius 1 is 1.33 bits per heavy atom. The number of carbonyl (C=O) groups excluding carboxylic acids is 1. The molecule has 7 heteroatoms. The molecule has 1 amide bonds. The first-order valence-corrected chi connectivity index (χ1v) is 6.70. The molecule has 0 saturated carbocycles. The first-order valence-electron chi connectivity index (χ1n) is 5.11. The largest absolute Gasteiger partial charge is 0.506 e. The van der Waals surface area contributed by atoms with Gasteiger partial charge in [-0.1, -0.05) is 0 Å². The van der Waals surface area contributed by atoms with Crippen LogP contribution in [0.5, 0.6) is 5.75 Å². The molecule has 0 fully saturated rings. The van der Waals surface area contributed by atoms with Crippen LogP contribution in [0.1, 0.15) is 18.6 Å². The number of nitrogens with one attached hydrogen (secondary N) is 1. The number of hydrogen-bond acceptors (Lipinski definition) is 4. The van der Waals surface area contributed by atoms with E-state index in [2.05, 4.69) is 37.2 Å². The third-order valence-electron chi connectivity index (χ3n) is 2.31. The molecule has 1 aromatic rings. The van der Waals surface area contributed by atoms with Crippen LogP contribution in [-0.2, 0) is 4.79 Å². The maximum atomic E-state index is 10.7. The number of aliphatic hydroxyl groups is 2. The lowest BCUT2D eigenvalue weighted by atomic mass is 10.0. The summed E-state index contributed by atoms with van der Waals surface area (Å²) in [5, 5.41) is 31.6. The van der Waals surface area contributed by atoms with E-state index in [1.165, 1.54) is 19.1 Å². The quantitative estimate of drug-likeness (QED) is 0.634. The molecule has 1 aromatic carbocycles. The molecule has 2 unspecified atom stereocenters. The molecule has 0 aliphatic carbocycles. The number of rotatable bonds is 4. The number of aromatic hydroxyl groups is 1. The number of aliphatic hydroxyl groups excluding tert-OH is 2. The molecular weight excluding hydrogens is 370 g/mol. The van der Waals surface area contributed by atoms with Gasteiger partial charge in [0.2, 0.25) is 5.91 Å². The summed E-state index contributed by atoms with van der Waals surface area (Å²) in [6, 6.07) is 3.00. The van der Waals surface area contributed by atoms with Crippen LogP contribution in [0.3, 0.4) is 0 Å². The van der Waals surface area contributed by atoms with Crippen molar-refractivity contribution in [2.24, 2.45) is 0 Å². The monoisotopic (exact) mass is 381 g/mol. The van der Waals surface area contributed by atoms with Gasteiger partial charge in [-0.25, -0.2) is 0 Å². The normalized spacial score (nSPS) is 14.1. The van der Waals surface area contributed by atoms with Gasteiger partial charge in [0.1, 0.15) is 18.0 Å². The Labute approximate surface area is 121 Å². The predicted octanol–water partition coefficient (Wildman–Crippen LogP) is 1.45. The number of hydrogen-bond donors (Lipinski definition) is 4. The maximum absolute atomic E-state index is 10.7. The second-order valence-electron chi connectivity index (χ2n) is 3.78. The predicted molar refractivity (Wildman–Crippen MR) is 73.2 cm³/mol. The smallest absolute Gasteiger partial charge is 0.216 e. The molecule has 0 heterocycles. The molecule has 100 valence electrons. The van der Waals surface area contributed by atoms with Crippen molar-refractivity contribution in [1.29, 1.82) is 0 Å². The fourth-order valence-electron chi connectivity index (χ4n) is 1.34. The number of amides is 1. The summed E-state index contributed by atoms with van der Waals surface area (Å²) in [5.74, 6) is -0.267. The molecule has 5 nitrogen and oxygen atoms in total. The highest BCUT2D eigenvalue weighted by Gasteiger charge is 2.20. The highest BCUT2D eigenvalue weighted by atomic mass is 79.9. The molecule has 0 saturated heterocycles. The van der Waals surface area contributed by atoms with Gasteiger partial charge in [0.05, 0.1) is 8.95 Å². The van der Waals surface area contributed by atoms with Gasteiger partial charge in [-0.05, 0) is 49.6 Å². The summed E-state index contributed by atoms with van der Waals surface area (Å²) in [4.78, 5) is 10.7. The summed E-state index contributed by atoms with van der Waals surface area (Å²) in [6.07, 6.45) is -2.29. The minimum atomic E-state index is -1.16. The molecule has 0 radical (unpaired) electrons. The van der Waals surface area contributed by atoms with Crippen molar-refractivity contribution in [1.82, 2.24) is 5.32 Å². The standard InChI is InChI=1S/C11H13Br2NO4/c1-5(15)14-4-9(16)10(17)6-2-7(12)11(18)8(13)3-6/h2-3,9-10,16-18H,4H2,1H3,(H,14,15). The minimum absolute atomic E-state index is 0.0160. The lowest BCUT2D eigenvalue weighted by Crippen LogP contribution is -2.34. The number of benzene rings is 1. The third kappa shape index (κ3) is 3.94. The summed E-state index contributed by atoms with van der Waals surface area (Å²) in [7, 11) is 0. The molecular formula is C11H13Br2NO4. The van der Waals surface area contributed by atoms with Crippen LogP contribution in [-0.4, -0.2) is 33.9 Å². The van der Waals surface area contributed by atoms with Crippen molar-refractivity contribution in [2.75, 3.05) is 6.54 Å². The van der Waals surface area contributed by atoms with Crippen molar-refractivity contribution >= 4 is 37.8 Å². The minimum Gasteiger partial charge on any atom is -0.506 e. The molecule has 1 rings (SSSR count). The Morgan fingerprint density at radius 2 is 1.83 bits per heavy atom. The van der Waals surface area contributed by atoms with E-state index in [9.17, 15) is 20.1 Å². The lowest BCUT2D eigenvalue weighted by Gasteiger charge is -2.19. The molecule has 0 spiro atoms. The van der Waals surface area contributed by atoms with E-state index in [0.717, 1.165) is 0 Å². The fraction of sp³-hybridized carbons (Fsp3) is 0.364. The summed E-state index contributed by atoms with van der Waals surface area (Å²) in [5.41, 5.74) is 0.421. The molecule has 0 aromatic heterocycles. The van der Waals surface area contributed by atoms with Gasteiger partial charge in [-0.15, -0.1) is 0 Å². The highest BCUT2D eigenvalue weighted by molar-refractivity contribution is 9.11. The summed E-state index contributed by atoms with van der Waals surface area (Å²) >= 11 is 6.27. The molecule has 0 bridgehead atoms. The van der Waals surface area contributed by atoms with Crippen molar-refractivity contribution in [2.45, 2.75) is 19.1 Å². The average molecular weight is 383 g/mol. The molecule has 4 N–H and O–H groups in total. The van der Waals surface area contributed by atoms with Crippen LogP contribution in [0.25, 0.3) is 0 Å². The van der Waals surface area contributed by atoms with Crippen molar-refractivity contribution in [3.05, 3.63) is 26.6 Å². The number of phenolic OH excluding ortho intramolecular Hbond substituents is 1. The number of halogens is 2. The van der Waals surface area contributed by atoms with Gasteiger partial charge in [-0.2, -0.15) is 0 Å². The van der Waals surface area contributed by atoms with E-state index in [-0.39, 0.29) is 18.2 Å². The Kier molecular flexibility index (Phi) is 5.58. The van der Waals surface area contributed by atoms with Gasteiger partial charge in [0.15, 0.2) is 0 Å². The maximum Gasteiger partial charge on any atom is 0.216 e. The van der Waals surface area contributed by atoms with Crippen LogP contribution >= 0.6 is 31.9 Å². The SMILES string of the molecule is CC(=O)NCC(O)C(O)c1cc(Br)c(O)c(Br)c1. The van der Waals surface area contributed by atoms with Crippen molar-refractivity contribution in [3.63, 3.8) is 0 Å².